The number of amides is 1. The molecule has 0 spiro atoms. The van der Waals surface area contributed by atoms with E-state index in [9.17, 15) is 31.0 Å². The van der Waals surface area contributed by atoms with Gasteiger partial charge in [0.2, 0.25) is 10.0 Å². The van der Waals surface area contributed by atoms with Crippen LogP contribution in [0.25, 0.3) is 10.9 Å². The fourth-order valence-electron chi connectivity index (χ4n) is 5.33. The number of sulfonamides is 1. The third kappa shape index (κ3) is 5.87. The molecule has 15 heteroatoms. The maximum Gasteiger partial charge on any atom is 0.270 e. The van der Waals surface area contributed by atoms with Gasteiger partial charge in [-0.05, 0) is 37.0 Å². The van der Waals surface area contributed by atoms with Gasteiger partial charge >= 0.3 is 0 Å². The summed E-state index contributed by atoms with van der Waals surface area (Å²) in [5, 5.41) is 1.55. The Morgan fingerprint density at radius 3 is 2.59 bits per heavy atom. The molecule has 1 amide bonds. The molecule has 2 aliphatic rings. The summed E-state index contributed by atoms with van der Waals surface area (Å²) in [6, 6.07) is 10.2. The third-order valence-electron chi connectivity index (χ3n) is 7.19. The predicted octanol–water partition coefficient (Wildman–Crippen LogP) is 1.69. The lowest BCUT2D eigenvalue weighted by atomic mass is 9.85. The lowest BCUT2D eigenvalue weighted by Crippen LogP contribution is -2.42. The Balaban J connectivity index is 1.36. The van der Waals surface area contributed by atoms with Gasteiger partial charge in [-0.1, -0.05) is 31.0 Å². The summed E-state index contributed by atoms with van der Waals surface area (Å²) in [5.74, 6) is -1.48. The summed E-state index contributed by atoms with van der Waals surface area (Å²) >= 11 is 1.42. The largest absolute Gasteiger partial charge is 0.341 e. The highest BCUT2D eigenvalue weighted by Crippen LogP contribution is 2.40. The van der Waals surface area contributed by atoms with Crippen LogP contribution in [0.2, 0.25) is 0 Å². The van der Waals surface area contributed by atoms with Crippen LogP contribution in [0.5, 0.6) is 0 Å². The van der Waals surface area contributed by atoms with E-state index in [1.54, 1.807) is 0 Å². The molecule has 2 N–H and O–H groups in total. The molecule has 208 valence electrons. The van der Waals surface area contributed by atoms with Gasteiger partial charge in [0.05, 0.1) is 29.3 Å². The molecule has 3 atom stereocenters. The molecule has 39 heavy (non-hydrogen) atoms. The van der Waals surface area contributed by atoms with Gasteiger partial charge in [0.15, 0.2) is 0 Å². The topological polar surface area (TPSA) is 169 Å². The quantitative estimate of drug-likeness (QED) is 0.223. The van der Waals surface area contributed by atoms with E-state index < -0.39 is 54.7 Å². The third-order valence-corrected chi connectivity index (χ3v) is 11.1. The van der Waals surface area contributed by atoms with Crippen LogP contribution in [0.4, 0.5) is 0 Å². The van der Waals surface area contributed by atoms with Gasteiger partial charge in [0.25, 0.3) is 21.6 Å². The summed E-state index contributed by atoms with van der Waals surface area (Å²) in [5.41, 5.74) is -0.496. The molecule has 3 heterocycles. The van der Waals surface area contributed by atoms with Crippen LogP contribution < -0.4 is 10.9 Å². The Bertz CT molecular complexity index is 1660. The number of rotatable bonds is 8. The molecular formula is C24H27N5O7S3. The van der Waals surface area contributed by atoms with Crippen molar-refractivity contribution in [3.63, 3.8) is 0 Å². The molecule has 1 saturated carbocycles. The van der Waals surface area contributed by atoms with E-state index in [1.807, 2.05) is 30.3 Å². The van der Waals surface area contributed by atoms with E-state index in [2.05, 4.69) is 15.3 Å². The molecule has 1 aliphatic carbocycles. The number of aromatic nitrogens is 3. The summed E-state index contributed by atoms with van der Waals surface area (Å²) in [6.07, 6.45) is 4.84. The first-order valence-corrected chi connectivity index (χ1v) is 16.4. The fourth-order valence-corrected chi connectivity index (χ4v) is 9.00. The van der Waals surface area contributed by atoms with E-state index in [-0.39, 0.29) is 29.0 Å². The Labute approximate surface area is 229 Å². The fraction of sp³-hybridized carbons (Fsp3) is 0.417. The highest BCUT2D eigenvalue weighted by Gasteiger charge is 2.52. The van der Waals surface area contributed by atoms with Gasteiger partial charge in [-0.15, -0.1) is 11.8 Å². The Morgan fingerprint density at radius 1 is 1.10 bits per heavy atom. The Kier molecular flexibility index (Phi) is 7.79. The van der Waals surface area contributed by atoms with Crippen molar-refractivity contribution >= 4 is 48.7 Å². The first-order valence-electron chi connectivity index (χ1n) is 12.3. The predicted molar refractivity (Wildman–Crippen MR) is 145 cm³/mol. The van der Waals surface area contributed by atoms with Gasteiger partial charge in [-0.25, -0.2) is 18.4 Å². The number of benzene rings is 1. The molecule has 5 rings (SSSR count). The van der Waals surface area contributed by atoms with Crippen LogP contribution >= 0.6 is 11.8 Å². The minimum atomic E-state index is -4.44. The number of hydrogen-bond acceptors (Lipinski definition) is 9. The molecule has 3 aromatic rings. The van der Waals surface area contributed by atoms with Crippen LogP contribution in [-0.4, -0.2) is 69.8 Å². The molecule has 0 radical (unpaired) electrons. The van der Waals surface area contributed by atoms with E-state index in [0.29, 0.717) is 12.8 Å². The van der Waals surface area contributed by atoms with Crippen LogP contribution in [0.3, 0.4) is 0 Å². The van der Waals surface area contributed by atoms with Crippen LogP contribution in [0.1, 0.15) is 36.2 Å². The molecule has 2 fully saturated rings. The second kappa shape index (κ2) is 11.0. The van der Waals surface area contributed by atoms with Crippen LogP contribution in [0.15, 0.2) is 58.6 Å². The average molecular weight is 594 g/mol. The number of hydrogen-bond donors (Lipinski definition) is 2. The van der Waals surface area contributed by atoms with Crippen LogP contribution in [0, 0.1) is 5.92 Å². The second-order valence-corrected chi connectivity index (χ2v) is 14.2. The van der Waals surface area contributed by atoms with Gasteiger partial charge in [0.1, 0.15) is 16.8 Å². The molecule has 1 aromatic carbocycles. The Morgan fingerprint density at radius 2 is 1.85 bits per heavy atom. The summed E-state index contributed by atoms with van der Waals surface area (Å²) in [4.78, 5) is 35.1. The van der Waals surface area contributed by atoms with Crippen molar-refractivity contribution in [1.82, 2.24) is 24.2 Å². The maximum atomic E-state index is 13.4. The lowest BCUT2D eigenvalue weighted by molar-refractivity contribution is 0.0956. The molecular weight excluding hydrogens is 566 g/mol. The summed E-state index contributed by atoms with van der Waals surface area (Å²) < 4.78 is 62.5. The van der Waals surface area contributed by atoms with Gasteiger partial charge < -0.3 is 5.32 Å². The van der Waals surface area contributed by atoms with Gasteiger partial charge in [0, 0.05) is 17.5 Å². The van der Waals surface area contributed by atoms with Gasteiger partial charge in [-0.3, -0.25) is 18.7 Å². The van der Waals surface area contributed by atoms with Gasteiger partial charge in [-0.2, -0.15) is 12.7 Å². The standard InChI is InChI=1S/C24H27N5O7S3/c30-23(27-14-37-16-6-2-1-3-7-16)19-10-18-20(11-25-19)26-13-28(24(18)31)15-38(32,33)29-12-22(39(34,35)36)17-8-4-5-9-21(17)29/h1-3,6-7,10-11,13,17,21-22H,4-5,8-9,12,14-15H2,(H,27,30)(H,34,35,36). The van der Waals surface area contributed by atoms with E-state index in [4.69, 9.17) is 0 Å². The van der Waals surface area contributed by atoms with Crippen molar-refractivity contribution in [3.05, 3.63) is 65.0 Å². The van der Waals surface area contributed by atoms with E-state index in [1.165, 1.54) is 24.0 Å². The van der Waals surface area contributed by atoms with Crippen molar-refractivity contribution < 1.29 is 26.2 Å². The number of thioether (sulfide) groups is 1. The van der Waals surface area contributed by atoms with Crippen molar-refractivity contribution in [2.75, 3.05) is 12.4 Å². The Hall–Kier alpha value is -2.85. The summed E-state index contributed by atoms with van der Waals surface area (Å²) in [6.45, 7) is -0.360. The zero-order valence-electron chi connectivity index (χ0n) is 20.7. The SMILES string of the molecule is O=C(NCSc1ccccc1)c1cc2c(=O)n(CS(=O)(=O)N3CC(S(=O)(=O)O)C4CCCCC43)cnc2cn1. The number of pyridine rings is 1. The number of carbonyl (C=O) groups is 1. The first kappa shape index (κ1) is 27.7. The van der Waals surface area contributed by atoms with Crippen molar-refractivity contribution in [1.29, 1.82) is 0 Å². The minimum absolute atomic E-state index is 0.0174. The number of nitrogens with zero attached hydrogens (tertiary/aromatic N) is 4. The number of nitrogens with one attached hydrogen (secondary N) is 1. The van der Waals surface area contributed by atoms with E-state index >= 15 is 0 Å². The van der Waals surface area contributed by atoms with Crippen molar-refractivity contribution in [2.45, 2.75) is 47.7 Å². The number of carbonyl (C=O) groups excluding carboxylic acids is 1. The smallest absolute Gasteiger partial charge is 0.270 e. The average Bonchev–Trinajstić information content (AvgIpc) is 3.32. The normalized spacial score (nSPS) is 22.0. The van der Waals surface area contributed by atoms with Crippen LogP contribution in [-0.2, 0) is 26.0 Å². The molecule has 1 saturated heterocycles. The molecule has 12 nitrogen and oxygen atoms in total. The van der Waals surface area contributed by atoms with E-state index in [0.717, 1.165) is 32.9 Å². The van der Waals surface area contributed by atoms with Crippen molar-refractivity contribution in [2.24, 2.45) is 5.92 Å². The second-order valence-electron chi connectivity index (χ2n) is 9.59. The molecule has 1 aliphatic heterocycles. The van der Waals surface area contributed by atoms with Crippen molar-refractivity contribution in [3.8, 4) is 0 Å². The molecule has 3 unspecified atom stereocenters. The lowest BCUT2D eigenvalue weighted by Gasteiger charge is -2.31. The monoisotopic (exact) mass is 593 g/mol. The zero-order valence-corrected chi connectivity index (χ0v) is 23.2. The zero-order chi connectivity index (χ0) is 27.8. The molecule has 2 aromatic heterocycles. The highest BCUT2D eigenvalue weighted by atomic mass is 32.2. The first-order chi connectivity index (χ1) is 18.5. The minimum Gasteiger partial charge on any atom is -0.341 e. The molecule has 0 bridgehead atoms. The summed E-state index contributed by atoms with van der Waals surface area (Å²) in [7, 11) is -8.59. The highest BCUT2D eigenvalue weighted by molar-refractivity contribution is 7.99. The maximum absolute atomic E-state index is 13.4. The number of fused-ring (bicyclic) bond motifs is 2.